The lowest BCUT2D eigenvalue weighted by molar-refractivity contribution is 0.0730. The molecule has 0 aliphatic rings. The second kappa shape index (κ2) is 11.1. The topological polar surface area (TPSA) is 75.4 Å². The quantitative estimate of drug-likeness (QED) is 0.386. The molecule has 4 aromatic carbocycles. The summed E-state index contributed by atoms with van der Waals surface area (Å²) >= 11 is 0. The number of carbonyl (C=O) groups excluding carboxylic acids is 2. The van der Waals surface area contributed by atoms with Crippen LogP contribution in [0.2, 0.25) is 0 Å². The van der Waals surface area contributed by atoms with E-state index in [4.69, 9.17) is 5.73 Å². The molecule has 0 saturated carbocycles. The summed E-state index contributed by atoms with van der Waals surface area (Å²) in [5.74, 6) is -0.200. The van der Waals surface area contributed by atoms with Crippen LogP contribution < -0.4 is 11.1 Å². The van der Waals surface area contributed by atoms with E-state index in [0.717, 1.165) is 16.7 Å². The van der Waals surface area contributed by atoms with Crippen LogP contribution in [0.1, 0.15) is 37.4 Å². The van der Waals surface area contributed by atoms with Crippen molar-refractivity contribution in [2.24, 2.45) is 5.73 Å². The summed E-state index contributed by atoms with van der Waals surface area (Å²) in [6, 6.07) is 33.9. The van der Waals surface area contributed by atoms with Gasteiger partial charge in [0.05, 0.1) is 0 Å². The summed E-state index contributed by atoms with van der Waals surface area (Å²) in [5.41, 5.74) is 10.8. The van der Waals surface area contributed by atoms with Gasteiger partial charge >= 0.3 is 0 Å². The molecule has 5 heteroatoms. The van der Waals surface area contributed by atoms with Gasteiger partial charge in [0.1, 0.15) is 0 Å². The van der Waals surface area contributed by atoms with Crippen LogP contribution in [0.15, 0.2) is 109 Å². The van der Waals surface area contributed by atoms with E-state index < -0.39 is 0 Å². The maximum atomic E-state index is 13.3. The van der Waals surface area contributed by atoms with Crippen LogP contribution in [0.25, 0.3) is 0 Å². The molecule has 2 amide bonds. The third-order valence-electron chi connectivity index (χ3n) is 5.53. The SMILES string of the molecule is NCc1cccc(CN(Cc2ccc(NC(=O)c3ccccc3)cc2)C(=O)c2ccccc2)c1. The predicted molar refractivity (Wildman–Crippen MR) is 135 cm³/mol. The summed E-state index contributed by atoms with van der Waals surface area (Å²) in [4.78, 5) is 27.5. The Morgan fingerprint density at radius 2 is 1.24 bits per heavy atom. The van der Waals surface area contributed by atoms with E-state index in [-0.39, 0.29) is 11.8 Å². The molecular weight excluding hydrogens is 422 g/mol. The summed E-state index contributed by atoms with van der Waals surface area (Å²) in [6.45, 7) is 1.36. The largest absolute Gasteiger partial charge is 0.330 e. The molecule has 34 heavy (non-hydrogen) atoms. The number of hydrogen-bond donors (Lipinski definition) is 2. The summed E-state index contributed by atoms with van der Waals surface area (Å²) in [6.07, 6.45) is 0. The smallest absolute Gasteiger partial charge is 0.255 e. The van der Waals surface area contributed by atoms with Crippen LogP contribution >= 0.6 is 0 Å². The van der Waals surface area contributed by atoms with Gasteiger partial charge in [-0.3, -0.25) is 9.59 Å². The zero-order chi connectivity index (χ0) is 23.8. The van der Waals surface area contributed by atoms with Crippen molar-refractivity contribution in [3.63, 3.8) is 0 Å². The fourth-order valence-electron chi connectivity index (χ4n) is 3.74. The Balaban J connectivity index is 1.51. The highest BCUT2D eigenvalue weighted by molar-refractivity contribution is 6.04. The highest BCUT2D eigenvalue weighted by atomic mass is 16.2. The van der Waals surface area contributed by atoms with Gasteiger partial charge < -0.3 is 16.0 Å². The lowest BCUT2D eigenvalue weighted by Crippen LogP contribution is -2.30. The average Bonchev–Trinajstić information content (AvgIpc) is 2.90. The number of nitrogens with zero attached hydrogens (tertiary/aromatic N) is 1. The van der Waals surface area contributed by atoms with Gasteiger partial charge in [0, 0.05) is 36.4 Å². The first-order chi connectivity index (χ1) is 16.6. The first-order valence-corrected chi connectivity index (χ1v) is 11.2. The van der Waals surface area contributed by atoms with Gasteiger partial charge in [-0.15, -0.1) is 0 Å². The standard InChI is InChI=1S/C29H27N3O2/c30-19-23-8-7-9-24(18-23)21-32(29(34)26-12-5-2-6-13-26)20-22-14-16-27(17-15-22)31-28(33)25-10-3-1-4-11-25/h1-18H,19-21,30H2,(H,31,33). The fourth-order valence-corrected chi connectivity index (χ4v) is 3.74. The van der Waals surface area contributed by atoms with E-state index in [2.05, 4.69) is 5.32 Å². The Morgan fingerprint density at radius 1 is 0.647 bits per heavy atom. The lowest BCUT2D eigenvalue weighted by Gasteiger charge is -2.24. The Morgan fingerprint density at radius 3 is 1.88 bits per heavy atom. The van der Waals surface area contributed by atoms with Crippen LogP contribution in [0.4, 0.5) is 5.69 Å². The summed E-state index contributed by atoms with van der Waals surface area (Å²) in [7, 11) is 0. The summed E-state index contributed by atoms with van der Waals surface area (Å²) < 4.78 is 0. The number of nitrogens with two attached hydrogens (primary N) is 1. The molecule has 4 aromatic rings. The minimum Gasteiger partial charge on any atom is -0.330 e. The Kier molecular flexibility index (Phi) is 7.48. The first-order valence-electron chi connectivity index (χ1n) is 11.2. The highest BCUT2D eigenvalue weighted by Crippen LogP contribution is 2.18. The zero-order valence-electron chi connectivity index (χ0n) is 18.9. The molecule has 3 N–H and O–H groups in total. The molecule has 0 heterocycles. The second-order valence-electron chi connectivity index (χ2n) is 8.07. The Labute approximate surface area is 199 Å². The van der Waals surface area contributed by atoms with Gasteiger partial charge in [0.15, 0.2) is 0 Å². The van der Waals surface area contributed by atoms with Crippen LogP contribution in [-0.4, -0.2) is 16.7 Å². The molecule has 5 nitrogen and oxygen atoms in total. The lowest BCUT2D eigenvalue weighted by atomic mass is 10.1. The van der Waals surface area contributed by atoms with Gasteiger partial charge in [0.25, 0.3) is 11.8 Å². The number of carbonyl (C=O) groups is 2. The van der Waals surface area contributed by atoms with Crippen molar-refractivity contribution in [3.8, 4) is 0 Å². The molecule has 0 unspecified atom stereocenters. The van der Waals surface area contributed by atoms with E-state index in [1.165, 1.54) is 0 Å². The van der Waals surface area contributed by atoms with Gasteiger partial charge in [-0.05, 0) is 53.1 Å². The molecule has 0 aromatic heterocycles. The monoisotopic (exact) mass is 449 g/mol. The van der Waals surface area contributed by atoms with E-state index in [1.807, 2.05) is 102 Å². The van der Waals surface area contributed by atoms with Crippen molar-refractivity contribution < 1.29 is 9.59 Å². The van der Waals surface area contributed by atoms with Crippen molar-refractivity contribution in [2.75, 3.05) is 5.32 Å². The average molecular weight is 450 g/mol. The van der Waals surface area contributed by atoms with E-state index in [9.17, 15) is 9.59 Å². The van der Waals surface area contributed by atoms with Crippen LogP contribution in [0.5, 0.6) is 0 Å². The normalized spacial score (nSPS) is 10.5. The fraction of sp³-hybridized carbons (Fsp3) is 0.103. The molecule has 0 spiro atoms. The third-order valence-corrected chi connectivity index (χ3v) is 5.53. The maximum Gasteiger partial charge on any atom is 0.255 e. The number of benzene rings is 4. The third kappa shape index (κ3) is 5.97. The molecule has 0 fully saturated rings. The van der Waals surface area contributed by atoms with E-state index >= 15 is 0 Å². The van der Waals surface area contributed by atoms with Crippen LogP contribution in [0, 0.1) is 0 Å². The molecule has 0 radical (unpaired) electrons. The molecule has 0 aliphatic carbocycles. The molecule has 4 rings (SSSR count). The molecule has 170 valence electrons. The van der Waals surface area contributed by atoms with Gasteiger partial charge in [-0.25, -0.2) is 0 Å². The van der Waals surface area contributed by atoms with Crippen molar-refractivity contribution in [3.05, 3.63) is 137 Å². The Bertz CT molecular complexity index is 1240. The number of amides is 2. The molecule has 0 saturated heterocycles. The van der Waals surface area contributed by atoms with E-state index in [0.29, 0.717) is 36.4 Å². The molecule has 0 bridgehead atoms. The molecule has 0 atom stereocenters. The maximum absolute atomic E-state index is 13.3. The van der Waals surface area contributed by atoms with Crippen molar-refractivity contribution in [2.45, 2.75) is 19.6 Å². The van der Waals surface area contributed by atoms with E-state index in [1.54, 1.807) is 12.1 Å². The van der Waals surface area contributed by atoms with Gasteiger partial charge in [-0.1, -0.05) is 72.8 Å². The molecular formula is C29H27N3O2. The number of hydrogen-bond acceptors (Lipinski definition) is 3. The number of anilines is 1. The molecule has 0 aliphatic heterocycles. The zero-order valence-corrected chi connectivity index (χ0v) is 18.9. The predicted octanol–water partition coefficient (Wildman–Crippen LogP) is 5.24. The second-order valence-corrected chi connectivity index (χ2v) is 8.07. The van der Waals surface area contributed by atoms with Crippen LogP contribution in [0.3, 0.4) is 0 Å². The first kappa shape index (κ1) is 23.0. The minimum absolute atomic E-state index is 0.0415. The van der Waals surface area contributed by atoms with Crippen molar-refractivity contribution in [1.29, 1.82) is 0 Å². The number of nitrogens with one attached hydrogen (secondary N) is 1. The number of rotatable bonds is 8. The van der Waals surface area contributed by atoms with Crippen molar-refractivity contribution >= 4 is 17.5 Å². The van der Waals surface area contributed by atoms with Gasteiger partial charge in [-0.2, -0.15) is 0 Å². The van der Waals surface area contributed by atoms with Crippen molar-refractivity contribution in [1.82, 2.24) is 4.90 Å². The Hall–Kier alpha value is -4.22. The highest BCUT2D eigenvalue weighted by Gasteiger charge is 2.17. The van der Waals surface area contributed by atoms with Gasteiger partial charge in [0.2, 0.25) is 0 Å². The van der Waals surface area contributed by atoms with Crippen LogP contribution in [-0.2, 0) is 19.6 Å². The minimum atomic E-state index is -0.158. The summed E-state index contributed by atoms with van der Waals surface area (Å²) in [5, 5.41) is 2.91.